The van der Waals surface area contributed by atoms with Crippen LogP contribution in [-0.2, 0) is 0 Å². The van der Waals surface area contributed by atoms with E-state index in [1.807, 2.05) is 4.90 Å². The molecule has 82 valence electrons. The summed E-state index contributed by atoms with van der Waals surface area (Å²) in [5.41, 5.74) is 0. The number of halogens is 2. The zero-order chi connectivity index (χ0) is 10.8. The summed E-state index contributed by atoms with van der Waals surface area (Å²) in [4.78, 5) is 5.70. The first-order valence-corrected chi connectivity index (χ1v) is 5.23. The Morgan fingerprint density at radius 3 is 2.93 bits per heavy atom. The average Bonchev–Trinajstić information content (AvgIpc) is 2.17. The molecule has 1 aromatic rings. The smallest absolute Gasteiger partial charge is 0.168 e. The molecule has 2 nitrogen and oxygen atoms in total. The van der Waals surface area contributed by atoms with Crippen molar-refractivity contribution in [3.8, 4) is 0 Å². The Balaban J connectivity index is 2.21. The second-order valence-corrected chi connectivity index (χ2v) is 4.15. The summed E-state index contributed by atoms with van der Waals surface area (Å²) in [6.45, 7) is 3.74. The molecule has 15 heavy (non-hydrogen) atoms. The lowest BCUT2D eigenvalue weighted by molar-refractivity contribution is 0.438. The molecular weight excluding hydrogens is 198 g/mol. The average molecular weight is 212 g/mol. The van der Waals surface area contributed by atoms with E-state index in [-0.39, 0.29) is 5.82 Å². The van der Waals surface area contributed by atoms with Gasteiger partial charge in [0.25, 0.3) is 0 Å². The monoisotopic (exact) mass is 212 g/mol. The van der Waals surface area contributed by atoms with Crippen molar-refractivity contribution in [2.75, 3.05) is 18.0 Å². The van der Waals surface area contributed by atoms with Crippen molar-refractivity contribution in [2.45, 2.75) is 19.8 Å². The molecule has 1 unspecified atom stereocenters. The van der Waals surface area contributed by atoms with Crippen LogP contribution in [0.3, 0.4) is 0 Å². The lowest BCUT2D eigenvalue weighted by Gasteiger charge is -2.31. The van der Waals surface area contributed by atoms with E-state index in [4.69, 9.17) is 0 Å². The van der Waals surface area contributed by atoms with Gasteiger partial charge in [-0.05, 0) is 18.8 Å². The number of piperidine rings is 1. The molecule has 1 aliphatic heterocycles. The molecule has 0 aliphatic carbocycles. The molecular formula is C11H14F2N2. The second-order valence-electron chi connectivity index (χ2n) is 4.15. The summed E-state index contributed by atoms with van der Waals surface area (Å²) in [6, 6.07) is 0.890. The zero-order valence-electron chi connectivity index (χ0n) is 8.71. The molecule has 0 radical (unpaired) electrons. The van der Waals surface area contributed by atoms with Crippen LogP contribution in [0.2, 0.25) is 0 Å². The predicted molar refractivity (Wildman–Crippen MR) is 54.8 cm³/mol. The Morgan fingerprint density at radius 2 is 2.27 bits per heavy atom. The molecule has 1 fully saturated rings. The molecule has 1 aliphatic rings. The van der Waals surface area contributed by atoms with Gasteiger partial charge < -0.3 is 4.90 Å². The SMILES string of the molecule is CC1CCCN(c2ncc(F)cc2F)C1. The highest BCUT2D eigenvalue weighted by atomic mass is 19.1. The van der Waals surface area contributed by atoms with Crippen LogP contribution < -0.4 is 4.90 Å². The van der Waals surface area contributed by atoms with Crippen LogP contribution in [0.25, 0.3) is 0 Å². The van der Waals surface area contributed by atoms with E-state index in [0.29, 0.717) is 5.92 Å². The van der Waals surface area contributed by atoms with Gasteiger partial charge in [0.2, 0.25) is 0 Å². The maximum Gasteiger partial charge on any atom is 0.168 e. The fourth-order valence-electron chi connectivity index (χ4n) is 2.02. The van der Waals surface area contributed by atoms with E-state index in [1.54, 1.807) is 0 Å². The molecule has 0 aromatic carbocycles. The standard InChI is InChI=1S/C11H14F2N2/c1-8-3-2-4-15(7-8)11-10(13)5-9(12)6-14-11/h5-6,8H,2-4,7H2,1H3. The highest BCUT2D eigenvalue weighted by Crippen LogP contribution is 2.23. The molecule has 0 spiro atoms. The van der Waals surface area contributed by atoms with E-state index >= 15 is 0 Å². The topological polar surface area (TPSA) is 16.1 Å². The number of hydrogen-bond acceptors (Lipinski definition) is 2. The molecule has 2 heterocycles. The van der Waals surface area contributed by atoms with E-state index < -0.39 is 11.6 Å². The summed E-state index contributed by atoms with van der Waals surface area (Å²) in [6.07, 6.45) is 3.27. The Kier molecular flexibility index (Phi) is 2.84. The van der Waals surface area contributed by atoms with Gasteiger partial charge in [-0.1, -0.05) is 6.92 Å². The molecule has 2 rings (SSSR count). The fraction of sp³-hybridized carbons (Fsp3) is 0.545. The van der Waals surface area contributed by atoms with Gasteiger partial charge in [0.1, 0.15) is 5.82 Å². The molecule has 0 amide bonds. The number of rotatable bonds is 1. The molecule has 4 heteroatoms. The van der Waals surface area contributed by atoms with Crippen LogP contribution >= 0.6 is 0 Å². The largest absolute Gasteiger partial charge is 0.354 e. The Morgan fingerprint density at radius 1 is 1.47 bits per heavy atom. The third kappa shape index (κ3) is 2.25. The van der Waals surface area contributed by atoms with Crippen molar-refractivity contribution < 1.29 is 8.78 Å². The Labute approximate surface area is 87.9 Å². The maximum atomic E-state index is 13.4. The molecule has 0 N–H and O–H groups in total. The van der Waals surface area contributed by atoms with Crippen molar-refractivity contribution in [3.05, 3.63) is 23.9 Å². The van der Waals surface area contributed by atoms with Crippen LogP contribution in [0.1, 0.15) is 19.8 Å². The van der Waals surface area contributed by atoms with Crippen molar-refractivity contribution in [2.24, 2.45) is 5.92 Å². The van der Waals surface area contributed by atoms with E-state index in [9.17, 15) is 8.78 Å². The molecule has 1 saturated heterocycles. The Hall–Kier alpha value is -1.19. The summed E-state index contributed by atoms with van der Waals surface area (Å²) in [7, 11) is 0. The fourth-order valence-corrected chi connectivity index (χ4v) is 2.02. The van der Waals surface area contributed by atoms with Gasteiger partial charge in [-0.25, -0.2) is 13.8 Å². The Bertz CT molecular complexity index is 354. The minimum absolute atomic E-state index is 0.281. The predicted octanol–water partition coefficient (Wildman–Crippen LogP) is 2.60. The summed E-state index contributed by atoms with van der Waals surface area (Å²) in [5, 5.41) is 0. The molecule has 0 bridgehead atoms. The highest BCUT2D eigenvalue weighted by Gasteiger charge is 2.20. The maximum absolute atomic E-state index is 13.4. The van der Waals surface area contributed by atoms with Crippen LogP contribution in [-0.4, -0.2) is 18.1 Å². The van der Waals surface area contributed by atoms with Crippen LogP contribution in [0.15, 0.2) is 12.3 Å². The van der Waals surface area contributed by atoms with Crippen LogP contribution in [0.5, 0.6) is 0 Å². The minimum Gasteiger partial charge on any atom is -0.354 e. The lowest BCUT2D eigenvalue weighted by Crippen LogP contribution is -2.35. The summed E-state index contributed by atoms with van der Waals surface area (Å²) in [5.74, 6) is -0.363. The van der Waals surface area contributed by atoms with Crippen molar-refractivity contribution >= 4 is 5.82 Å². The highest BCUT2D eigenvalue weighted by molar-refractivity contribution is 5.40. The third-order valence-corrected chi connectivity index (χ3v) is 2.74. The van der Waals surface area contributed by atoms with Crippen molar-refractivity contribution in [3.63, 3.8) is 0 Å². The molecule has 1 atom stereocenters. The second kappa shape index (κ2) is 4.13. The minimum atomic E-state index is -0.624. The first-order valence-electron chi connectivity index (χ1n) is 5.23. The number of anilines is 1. The van der Waals surface area contributed by atoms with E-state index in [1.165, 1.54) is 6.42 Å². The van der Waals surface area contributed by atoms with Gasteiger partial charge in [0, 0.05) is 19.2 Å². The van der Waals surface area contributed by atoms with Crippen LogP contribution in [0.4, 0.5) is 14.6 Å². The van der Waals surface area contributed by atoms with Crippen molar-refractivity contribution in [1.82, 2.24) is 4.98 Å². The quantitative estimate of drug-likeness (QED) is 0.711. The van der Waals surface area contributed by atoms with Gasteiger partial charge in [0.15, 0.2) is 11.6 Å². The van der Waals surface area contributed by atoms with Gasteiger partial charge >= 0.3 is 0 Å². The van der Waals surface area contributed by atoms with Gasteiger partial charge in [-0.2, -0.15) is 0 Å². The number of aromatic nitrogens is 1. The number of hydrogen-bond donors (Lipinski definition) is 0. The molecule has 0 saturated carbocycles. The third-order valence-electron chi connectivity index (χ3n) is 2.74. The van der Waals surface area contributed by atoms with E-state index in [2.05, 4.69) is 11.9 Å². The first kappa shape index (κ1) is 10.3. The van der Waals surface area contributed by atoms with Crippen LogP contribution in [0, 0.1) is 17.6 Å². The summed E-state index contributed by atoms with van der Waals surface area (Å²) >= 11 is 0. The number of nitrogens with zero attached hydrogens (tertiary/aromatic N) is 2. The van der Waals surface area contributed by atoms with Crippen molar-refractivity contribution in [1.29, 1.82) is 0 Å². The normalized spacial score (nSPS) is 21.8. The molecule has 1 aromatic heterocycles. The van der Waals surface area contributed by atoms with Gasteiger partial charge in [-0.3, -0.25) is 0 Å². The van der Waals surface area contributed by atoms with Gasteiger partial charge in [-0.15, -0.1) is 0 Å². The number of pyridine rings is 1. The van der Waals surface area contributed by atoms with Gasteiger partial charge in [0.05, 0.1) is 6.20 Å². The van der Waals surface area contributed by atoms with E-state index in [0.717, 1.165) is 31.8 Å². The first-order chi connectivity index (χ1) is 7.16. The summed E-state index contributed by atoms with van der Waals surface area (Å²) < 4.78 is 26.1. The zero-order valence-corrected chi connectivity index (χ0v) is 8.71. The lowest BCUT2D eigenvalue weighted by atomic mass is 10.0.